The van der Waals surface area contributed by atoms with E-state index in [1.807, 2.05) is 36.2 Å². The lowest BCUT2D eigenvalue weighted by Gasteiger charge is -2.30. The van der Waals surface area contributed by atoms with E-state index in [1.165, 1.54) is 0 Å². The van der Waals surface area contributed by atoms with Crippen molar-refractivity contribution in [3.8, 4) is 0 Å². The Morgan fingerprint density at radius 2 is 1.89 bits per heavy atom. The molecule has 1 amide bonds. The van der Waals surface area contributed by atoms with Crippen LogP contribution in [0.4, 0.5) is 0 Å². The fraction of sp³-hybridized carbons (Fsp3) is 0.450. The molecule has 0 bridgehead atoms. The molecule has 1 aromatic heterocycles. The van der Waals surface area contributed by atoms with Gasteiger partial charge in [-0.2, -0.15) is 0 Å². The van der Waals surface area contributed by atoms with Crippen LogP contribution in [-0.4, -0.2) is 40.9 Å². The van der Waals surface area contributed by atoms with Gasteiger partial charge in [-0.3, -0.25) is 14.8 Å². The molecule has 1 saturated carbocycles. The molecule has 1 N–H and O–H groups in total. The summed E-state index contributed by atoms with van der Waals surface area (Å²) in [6.07, 6.45) is 8.24. The number of halogens is 3. The summed E-state index contributed by atoms with van der Waals surface area (Å²) in [5.74, 6) is 0.332. The van der Waals surface area contributed by atoms with Crippen molar-refractivity contribution in [2.45, 2.75) is 25.3 Å². The van der Waals surface area contributed by atoms with Gasteiger partial charge in [-0.25, -0.2) is 0 Å². The van der Waals surface area contributed by atoms with Crippen LogP contribution in [-0.2, 0) is 4.79 Å². The Balaban J connectivity index is 0.00000140. The van der Waals surface area contributed by atoms with Crippen molar-refractivity contribution in [2.24, 2.45) is 11.3 Å². The van der Waals surface area contributed by atoms with Gasteiger partial charge in [0.25, 0.3) is 0 Å². The Labute approximate surface area is 183 Å². The van der Waals surface area contributed by atoms with Crippen LogP contribution in [0, 0.1) is 11.3 Å². The number of carbonyl (C=O) groups is 1. The molecule has 2 fully saturated rings. The summed E-state index contributed by atoms with van der Waals surface area (Å²) in [6.45, 7) is 2.02. The quantitative estimate of drug-likeness (QED) is 0.778. The molecule has 2 heterocycles. The van der Waals surface area contributed by atoms with Gasteiger partial charge >= 0.3 is 0 Å². The minimum Gasteiger partial charge on any atom is -0.333 e. The molecular formula is C20H25Cl3N4O. The van der Waals surface area contributed by atoms with Crippen molar-refractivity contribution in [2.75, 3.05) is 20.1 Å². The molecule has 2 aliphatic rings. The zero-order chi connectivity index (χ0) is 18.1. The predicted molar refractivity (Wildman–Crippen MR) is 115 cm³/mol. The molecule has 2 atom stereocenters. The summed E-state index contributed by atoms with van der Waals surface area (Å²) < 4.78 is 0. The molecule has 2 unspecified atom stereocenters. The fourth-order valence-corrected chi connectivity index (χ4v) is 4.36. The zero-order valence-corrected chi connectivity index (χ0v) is 18.1. The molecule has 4 rings (SSSR count). The standard InChI is InChI=1S/C20H23ClN4O.2ClH/c1-25(19(26)16-12-20(16)6-8-22-9-7-20)18(17-13-23-10-11-24-17)14-2-4-15(21)5-3-14;;/h2-5,10-11,13,16,18,22H,6-9,12H2,1H3;2*1H. The van der Waals surface area contributed by atoms with Crippen molar-refractivity contribution in [3.05, 3.63) is 59.1 Å². The smallest absolute Gasteiger partial charge is 0.226 e. The van der Waals surface area contributed by atoms with Crippen LogP contribution in [0.25, 0.3) is 0 Å². The number of amides is 1. The topological polar surface area (TPSA) is 58.1 Å². The summed E-state index contributed by atoms with van der Waals surface area (Å²) in [5, 5.41) is 4.07. The summed E-state index contributed by atoms with van der Waals surface area (Å²) in [7, 11) is 1.88. The van der Waals surface area contributed by atoms with Gasteiger partial charge in [-0.05, 0) is 55.5 Å². The average molecular weight is 444 g/mol. The Kier molecular flexibility index (Phi) is 7.68. The third kappa shape index (κ3) is 4.43. The van der Waals surface area contributed by atoms with Crippen LogP contribution in [0.3, 0.4) is 0 Å². The minimum atomic E-state index is -0.257. The largest absolute Gasteiger partial charge is 0.333 e. The summed E-state index contributed by atoms with van der Waals surface area (Å²) >= 11 is 6.05. The first kappa shape index (κ1) is 22.9. The highest BCUT2D eigenvalue weighted by Crippen LogP contribution is 2.59. The molecular weight excluding hydrogens is 419 g/mol. The van der Waals surface area contributed by atoms with E-state index in [4.69, 9.17) is 11.6 Å². The fourth-order valence-electron chi connectivity index (χ4n) is 4.24. The number of nitrogens with zero attached hydrogens (tertiary/aromatic N) is 3. The maximum Gasteiger partial charge on any atom is 0.226 e. The SMILES string of the molecule is CN(C(=O)C1CC12CCNCC2)C(c1ccc(Cl)cc1)c1cnccn1.Cl.Cl. The Bertz CT molecular complexity index is 782. The van der Waals surface area contributed by atoms with Gasteiger partial charge in [0.1, 0.15) is 6.04 Å². The molecule has 8 heteroatoms. The van der Waals surface area contributed by atoms with E-state index >= 15 is 0 Å². The molecule has 1 spiro atoms. The Morgan fingerprint density at radius 3 is 2.50 bits per heavy atom. The second kappa shape index (κ2) is 9.40. The van der Waals surface area contributed by atoms with Crippen molar-refractivity contribution in [3.63, 3.8) is 0 Å². The van der Waals surface area contributed by atoms with Gasteiger partial charge in [0.15, 0.2) is 0 Å². The van der Waals surface area contributed by atoms with Crippen LogP contribution in [0.1, 0.15) is 36.6 Å². The maximum absolute atomic E-state index is 13.3. The third-order valence-electron chi connectivity index (χ3n) is 5.87. The third-order valence-corrected chi connectivity index (χ3v) is 6.12. The molecule has 5 nitrogen and oxygen atoms in total. The van der Waals surface area contributed by atoms with Crippen LogP contribution >= 0.6 is 36.4 Å². The first-order valence-electron chi connectivity index (χ1n) is 9.09. The summed E-state index contributed by atoms with van der Waals surface area (Å²) in [6, 6.07) is 7.36. The summed E-state index contributed by atoms with van der Waals surface area (Å²) in [5.41, 5.74) is 1.97. The van der Waals surface area contributed by atoms with Gasteiger partial charge < -0.3 is 10.2 Å². The second-order valence-electron chi connectivity index (χ2n) is 7.40. The summed E-state index contributed by atoms with van der Waals surface area (Å²) in [4.78, 5) is 23.8. The molecule has 0 radical (unpaired) electrons. The average Bonchev–Trinajstić information content (AvgIpc) is 3.37. The number of rotatable bonds is 4. The van der Waals surface area contributed by atoms with Crippen LogP contribution < -0.4 is 5.32 Å². The van der Waals surface area contributed by atoms with Crippen LogP contribution in [0.15, 0.2) is 42.9 Å². The van der Waals surface area contributed by atoms with E-state index in [9.17, 15) is 4.79 Å². The first-order valence-corrected chi connectivity index (χ1v) is 9.47. The highest BCUT2D eigenvalue weighted by Gasteiger charge is 2.58. The van der Waals surface area contributed by atoms with Gasteiger partial charge in [-0.15, -0.1) is 24.8 Å². The lowest BCUT2D eigenvalue weighted by atomic mass is 9.91. The molecule has 28 heavy (non-hydrogen) atoms. The van der Waals surface area contributed by atoms with Crippen molar-refractivity contribution < 1.29 is 4.79 Å². The van der Waals surface area contributed by atoms with Crippen molar-refractivity contribution >= 4 is 42.3 Å². The number of benzene rings is 1. The zero-order valence-electron chi connectivity index (χ0n) is 15.7. The van der Waals surface area contributed by atoms with E-state index in [1.54, 1.807) is 18.6 Å². The highest BCUT2D eigenvalue weighted by atomic mass is 35.5. The second-order valence-corrected chi connectivity index (χ2v) is 7.84. The number of carbonyl (C=O) groups excluding carboxylic acids is 1. The van der Waals surface area contributed by atoms with Crippen LogP contribution in [0.5, 0.6) is 0 Å². The molecule has 1 aliphatic carbocycles. The molecule has 1 saturated heterocycles. The van der Waals surface area contributed by atoms with Gasteiger partial charge in [0.05, 0.1) is 11.9 Å². The van der Waals surface area contributed by atoms with Gasteiger partial charge in [-0.1, -0.05) is 23.7 Å². The minimum absolute atomic E-state index is 0. The monoisotopic (exact) mass is 442 g/mol. The highest BCUT2D eigenvalue weighted by molar-refractivity contribution is 6.30. The maximum atomic E-state index is 13.3. The van der Waals surface area contributed by atoms with Crippen molar-refractivity contribution in [1.29, 1.82) is 0 Å². The predicted octanol–water partition coefficient (Wildman–Crippen LogP) is 3.91. The van der Waals surface area contributed by atoms with E-state index < -0.39 is 0 Å². The van der Waals surface area contributed by atoms with E-state index in [-0.39, 0.29) is 48.1 Å². The molecule has 2 aromatic rings. The van der Waals surface area contributed by atoms with E-state index in [2.05, 4.69) is 15.3 Å². The van der Waals surface area contributed by atoms with Crippen LogP contribution in [0.2, 0.25) is 5.02 Å². The van der Waals surface area contributed by atoms with E-state index in [0.717, 1.165) is 43.6 Å². The normalized spacial score (nSPS) is 20.4. The molecule has 1 aliphatic heterocycles. The number of piperidine rings is 1. The van der Waals surface area contributed by atoms with Gasteiger partial charge in [0, 0.05) is 30.4 Å². The van der Waals surface area contributed by atoms with E-state index in [0.29, 0.717) is 5.02 Å². The number of hydrogen-bond acceptors (Lipinski definition) is 4. The number of nitrogens with one attached hydrogen (secondary N) is 1. The lowest BCUT2D eigenvalue weighted by molar-refractivity contribution is -0.133. The number of aromatic nitrogens is 2. The first-order chi connectivity index (χ1) is 12.6. The lowest BCUT2D eigenvalue weighted by Crippen LogP contribution is -2.37. The molecule has 1 aromatic carbocycles. The molecule has 152 valence electrons. The number of hydrogen-bond donors (Lipinski definition) is 1. The Hall–Kier alpha value is -1.40. The van der Waals surface area contributed by atoms with Crippen molar-refractivity contribution in [1.82, 2.24) is 20.2 Å². The van der Waals surface area contributed by atoms with Gasteiger partial charge in [0.2, 0.25) is 5.91 Å². The Morgan fingerprint density at radius 1 is 1.21 bits per heavy atom.